The van der Waals surface area contributed by atoms with Crippen LogP contribution in [0.25, 0.3) is 0 Å². The van der Waals surface area contributed by atoms with Crippen molar-refractivity contribution < 1.29 is 28.5 Å². The first kappa shape index (κ1) is 29.7. The number of fused-ring (bicyclic) bond motifs is 2. The van der Waals surface area contributed by atoms with Crippen molar-refractivity contribution in [3.05, 3.63) is 118 Å². The fourth-order valence-corrected chi connectivity index (χ4v) is 6.39. The van der Waals surface area contributed by atoms with Crippen LogP contribution in [0.2, 0.25) is 0 Å². The Morgan fingerprint density at radius 3 is 2.41 bits per heavy atom. The summed E-state index contributed by atoms with van der Waals surface area (Å²) >= 11 is 0. The van der Waals surface area contributed by atoms with E-state index >= 15 is 0 Å². The van der Waals surface area contributed by atoms with E-state index in [1.165, 1.54) is 5.56 Å². The van der Waals surface area contributed by atoms with Gasteiger partial charge in [-0.2, -0.15) is 0 Å². The molecule has 2 heterocycles. The zero-order chi connectivity index (χ0) is 30.8. The summed E-state index contributed by atoms with van der Waals surface area (Å²) in [5.74, 6) is 0.983. The number of ether oxygens (including phenoxy) is 5. The lowest BCUT2D eigenvalue weighted by molar-refractivity contribution is -0.160. The van der Waals surface area contributed by atoms with E-state index < -0.39 is 11.5 Å². The number of carbonyl (C=O) groups is 1. The summed E-state index contributed by atoms with van der Waals surface area (Å²) in [6, 6.07) is 24.2. The molecule has 0 N–H and O–H groups in total. The van der Waals surface area contributed by atoms with Gasteiger partial charge in [0.05, 0.1) is 45.7 Å². The van der Waals surface area contributed by atoms with E-state index in [1.807, 2.05) is 69.3 Å². The van der Waals surface area contributed by atoms with Gasteiger partial charge in [-0.3, -0.25) is 9.78 Å². The van der Waals surface area contributed by atoms with Crippen LogP contribution in [0.15, 0.2) is 79.0 Å². The van der Waals surface area contributed by atoms with E-state index in [-0.39, 0.29) is 17.8 Å². The number of hydrogen-bond donors (Lipinski definition) is 0. The van der Waals surface area contributed by atoms with E-state index in [0.29, 0.717) is 19.8 Å². The lowest BCUT2D eigenvalue weighted by atomic mass is 9.78. The van der Waals surface area contributed by atoms with Crippen LogP contribution in [-0.2, 0) is 33.9 Å². The highest BCUT2D eigenvalue weighted by molar-refractivity contribution is 5.79. The maximum Gasteiger partial charge on any atom is 0.311 e. The van der Waals surface area contributed by atoms with Crippen LogP contribution in [0.3, 0.4) is 0 Å². The van der Waals surface area contributed by atoms with Crippen LogP contribution in [0, 0.1) is 5.92 Å². The molecular weight excluding hydrogens is 554 g/mol. The summed E-state index contributed by atoms with van der Waals surface area (Å²) in [6.07, 6.45) is 2.69. The van der Waals surface area contributed by atoms with Gasteiger partial charge in [-0.05, 0) is 90.6 Å². The predicted molar refractivity (Wildman–Crippen MR) is 167 cm³/mol. The number of nitrogens with zero attached hydrogens (tertiary/aromatic N) is 1. The molecular formula is C37H39NO6. The highest BCUT2D eigenvalue weighted by atomic mass is 16.6. The minimum absolute atomic E-state index is 0.257. The van der Waals surface area contributed by atoms with Gasteiger partial charge in [-0.25, -0.2) is 0 Å². The largest absolute Gasteiger partial charge is 0.497 e. The van der Waals surface area contributed by atoms with E-state index in [0.717, 1.165) is 57.2 Å². The van der Waals surface area contributed by atoms with E-state index in [9.17, 15) is 4.79 Å². The summed E-state index contributed by atoms with van der Waals surface area (Å²) in [7, 11) is 3.30. The minimum Gasteiger partial charge on any atom is -0.497 e. The molecule has 2 aliphatic rings. The number of benzene rings is 3. The number of methoxy groups -OCH3 is 2. The summed E-state index contributed by atoms with van der Waals surface area (Å²) in [5, 5.41) is 0. The van der Waals surface area contributed by atoms with Crippen molar-refractivity contribution in [1.29, 1.82) is 0 Å². The normalized spacial score (nSPS) is 18.7. The number of esters is 1. The summed E-state index contributed by atoms with van der Waals surface area (Å²) in [6.45, 7) is 7.15. The highest BCUT2D eigenvalue weighted by Gasteiger charge is 2.49. The van der Waals surface area contributed by atoms with Crippen LogP contribution in [-0.4, -0.2) is 37.4 Å². The zero-order valence-electron chi connectivity index (χ0n) is 26.0. The predicted octanol–water partition coefficient (Wildman–Crippen LogP) is 6.99. The quantitative estimate of drug-likeness (QED) is 0.194. The molecule has 3 atom stereocenters. The Bertz CT molecular complexity index is 1640. The van der Waals surface area contributed by atoms with Gasteiger partial charge in [0.1, 0.15) is 22.8 Å². The topological polar surface area (TPSA) is 76.1 Å². The molecule has 3 aromatic carbocycles. The second-order valence-electron chi connectivity index (χ2n) is 12.4. The molecule has 7 nitrogen and oxygen atoms in total. The minimum atomic E-state index is -0.653. The molecule has 0 spiro atoms. The van der Waals surface area contributed by atoms with Crippen LogP contribution in [0.5, 0.6) is 17.2 Å². The molecule has 7 heteroatoms. The van der Waals surface area contributed by atoms with Crippen LogP contribution < -0.4 is 14.2 Å². The van der Waals surface area contributed by atoms with Crippen molar-refractivity contribution in [1.82, 2.24) is 4.98 Å². The van der Waals surface area contributed by atoms with Crippen LogP contribution in [0.4, 0.5) is 0 Å². The molecule has 0 fully saturated rings. The third-order valence-electron chi connectivity index (χ3n) is 8.35. The lowest BCUT2D eigenvalue weighted by Gasteiger charge is -2.29. The van der Waals surface area contributed by atoms with Gasteiger partial charge in [-0.1, -0.05) is 36.4 Å². The van der Waals surface area contributed by atoms with Gasteiger partial charge in [0, 0.05) is 24.5 Å². The van der Waals surface area contributed by atoms with Gasteiger partial charge < -0.3 is 23.7 Å². The van der Waals surface area contributed by atoms with E-state index in [1.54, 1.807) is 20.4 Å². The first-order chi connectivity index (χ1) is 21.3. The van der Waals surface area contributed by atoms with Gasteiger partial charge >= 0.3 is 5.97 Å². The van der Waals surface area contributed by atoms with Gasteiger partial charge in [0.25, 0.3) is 0 Å². The Kier molecular flexibility index (Phi) is 8.32. The third-order valence-corrected chi connectivity index (χ3v) is 8.35. The molecule has 1 aliphatic carbocycles. The smallest absolute Gasteiger partial charge is 0.311 e. The van der Waals surface area contributed by atoms with E-state index in [2.05, 4.69) is 24.3 Å². The fourth-order valence-electron chi connectivity index (χ4n) is 6.39. The average Bonchev–Trinajstić information content (AvgIpc) is 3.63. The standard InChI is InChI=1S/C37H39NO6/c1-37(2,3)44-36(39)34-32(25-11-10-24-16-18-43-31(24)20-25)30-7-6-17-38-35(30)33(34)29-15-14-28(41-5)19-26(29)22-42-21-23-8-12-27(40-4)13-9-23/h6-15,17,19-20,32-34H,16,18,21-22H2,1-5H3/t32-,33-,34+/m0/s1. The summed E-state index contributed by atoms with van der Waals surface area (Å²) in [4.78, 5) is 19.2. The second kappa shape index (κ2) is 12.3. The molecule has 0 saturated heterocycles. The lowest BCUT2D eigenvalue weighted by Crippen LogP contribution is -2.33. The van der Waals surface area contributed by atoms with Crippen molar-refractivity contribution in [2.45, 2.75) is 57.8 Å². The Hall–Kier alpha value is -4.36. The molecule has 0 saturated carbocycles. The molecule has 4 aromatic rings. The van der Waals surface area contributed by atoms with Gasteiger partial charge in [0.2, 0.25) is 0 Å². The van der Waals surface area contributed by atoms with E-state index in [4.69, 9.17) is 28.7 Å². The summed E-state index contributed by atoms with van der Waals surface area (Å²) < 4.78 is 29.2. The number of aromatic nitrogens is 1. The van der Waals surface area contributed by atoms with Crippen molar-refractivity contribution >= 4 is 5.97 Å². The Labute approximate surface area is 259 Å². The zero-order valence-corrected chi connectivity index (χ0v) is 26.0. The molecule has 0 amide bonds. The molecule has 0 unspecified atom stereocenters. The fraction of sp³-hybridized carbons (Fsp3) is 0.351. The third kappa shape index (κ3) is 6.02. The number of rotatable bonds is 9. The summed E-state index contributed by atoms with van der Waals surface area (Å²) in [5.41, 5.74) is 6.39. The Balaban J connectivity index is 1.42. The average molecular weight is 594 g/mol. The molecule has 0 radical (unpaired) electrons. The molecule has 1 aromatic heterocycles. The van der Waals surface area contributed by atoms with Crippen molar-refractivity contribution in [2.24, 2.45) is 5.92 Å². The number of hydrogen-bond acceptors (Lipinski definition) is 7. The Morgan fingerprint density at radius 2 is 1.66 bits per heavy atom. The van der Waals surface area contributed by atoms with Crippen molar-refractivity contribution in [2.75, 3.05) is 20.8 Å². The monoisotopic (exact) mass is 593 g/mol. The number of pyridine rings is 1. The maximum absolute atomic E-state index is 14.3. The molecule has 6 rings (SSSR count). The molecule has 228 valence electrons. The second-order valence-corrected chi connectivity index (χ2v) is 12.4. The van der Waals surface area contributed by atoms with Gasteiger partial charge in [-0.15, -0.1) is 0 Å². The highest BCUT2D eigenvalue weighted by Crippen LogP contribution is 2.54. The maximum atomic E-state index is 14.3. The first-order valence-corrected chi connectivity index (χ1v) is 15.1. The SMILES string of the molecule is COc1ccc(COCc2cc(OC)ccc2[C@@H]2c3ncccc3[C@H](c3ccc4c(c3)OCC4)[C@H]2C(=O)OC(C)(C)C)cc1. The first-order valence-electron chi connectivity index (χ1n) is 15.1. The molecule has 44 heavy (non-hydrogen) atoms. The van der Waals surface area contributed by atoms with Crippen LogP contribution >= 0.6 is 0 Å². The molecule has 0 bridgehead atoms. The van der Waals surface area contributed by atoms with Crippen molar-refractivity contribution in [3.8, 4) is 17.2 Å². The van der Waals surface area contributed by atoms with Crippen LogP contribution in [0.1, 0.15) is 71.7 Å². The van der Waals surface area contributed by atoms with Crippen molar-refractivity contribution in [3.63, 3.8) is 0 Å². The number of carbonyl (C=O) groups excluding carboxylic acids is 1. The van der Waals surface area contributed by atoms with Gasteiger partial charge in [0.15, 0.2) is 0 Å². The molecule has 1 aliphatic heterocycles. The Morgan fingerprint density at radius 1 is 0.886 bits per heavy atom.